The van der Waals surface area contributed by atoms with Gasteiger partial charge in [0.2, 0.25) is 0 Å². The number of nitrogens with one attached hydrogen (secondary N) is 2. The second-order valence-corrected chi connectivity index (χ2v) is 7.49. The lowest BCUT2D eigenvalue weighted by Gasteiger charge is -2.42. The van der Waals surface area contributed by atoms with Gasteiger partial charge in [-0.3, -0.25) is 19.2 Å². The van der Waals surface area contributed by atoms with Gasteiger partial charge < -0.3 is 20.1 Å². The topological polar surface area (TPSA) is 101 Å². The number of hydrogen-bond acceptors (Lipinski definition) is 4. The van der Waals surface area contributed by atoms with Crippen molar-refractivity contribution < 1.29 is 14.4 Å². The van der Waals surface area contributed by atoms with E-state index in [9.17, 15) is 19.2 Å². The summed E-state index contributed by atoms with van der Waals surface area (Å²) < 4.78 is 1.82. The van der Waals surface area contributed by atoms with Crippen LogP contribution in [0.4, 0.5) is 5.69 Å². The molecule has 2 aliphatic rings. The first-order chi connectivity index (χ1) is 14.0. The Morgan fingerprint density at radius 2 is 1.76 bits per heavy atom. The molecule has 2 aromatic rings. The molecule has 8 nitrogen and oxygen atoms in total. The van der Waals surface area contributed by atoms with E-state index in [-0.39, 0.29) is 23.3 Å². The van der Waals surface area contributed by atoms with E-state index in [4.69, 9.17) is 0 Å². The molecule has 1 aromatic carbocycles. The lowest BCUT2D eigenvalue weighted by molar-refractivity contribution is -0.135. The van der Waals surface area contributed by atoms with Crippen molar-refractivity contribution in [2.45, 2.75) is 18.9 Å². The van der Waals surface area contributed by atoms with Gasteiger partial charge in [-0.05, 0) is 30.5 Å². The Balaban J connectivity index is 1.58. The predicted octanol–water partition coefficient (Wildman–Crippen LogP) is 0.792. The monoisotopic (exact) mass is 394 g/mol. The molecule has 0 saturated carbocycles. The summed E-state index contributed by atoms with van der Waals surface area (Å²) in [5.74, 6) is -1.48. The standard InChI is InChI=1S/C21H22N4O4/c1-22-19(27)20(28)23-16-6-3-2-5-15(16)21(29)24-10-13-9-14(12-24)17-7-4-8-18(26)25(17)11-13/h2-8,13-14H,9-12H2,1H3,(H,22,27)(H,23,28)/t13-,14+/m0/s1. The van der Waals surface area contributed by atoms with E-state index in [0.29, 0.717) is 30.9 Å². The zero-order chi connectivity index (χ0) is 20.5. The molecule has 0 aliphatic carbocycles. The van der Waals surface area contributed by atoms with Crippen LogP contribution in [0.1, 0.15) is 28.4 Å². The summed E-state index contributed by atoms with van der Waals surface area (Å²) in [6.45, 7) is 1.66. The molecule has 150 valence electrons. The number of likely N-dealkylation sites (tertiary alicyclic amines) is 1. The van der Waals surface area contributed by atoms with Gasteiger partial charge in [0.15, 0.2) is 0 Å². The predicted molar refractivity (Wildman–Crippen MR) is 107 cm³/mol. The first-order valence-electron chi connectivity index (χ1n) is 9.59. The van der Waals surface area contributed by atoms with Crippen LogP contribution in [-0.4, -0.2) is 47.3 Å². The van der Waals surface area contributed by atoms with E-state index in [1.165, 1.54) is 7.05 Å². The Kier molecular flexibility index (Phi) is 4.92. The first kappa shape index (κ1) is 18.9. The number of piperidine rings is 1. The fourth-order valence-electron chi connectivity index (χ4n) is 4.30. The van der Waals surface area contributed by atoms with Gasteiger partial charge in [0.25, 0.3) is 11.5 Å². The molecule has 2 aliphatic heterocycles. The molecule has 3 amide bonds. The highest BCUT2D eigenvalue weighted by molar-refractivity contribution is 6.39. The normalized spacial score (nSPS) is 19.8. The van der Waals surface area contributed by atoms with E-state index >= 15 is 0 Å². The molecular weight excluding hydrogens is 372 g/mol. The van der Waals surface area contributed by atoms with Crippen molar-refractivity contribution in [3.63, 3.8) is 0 Å². The number of carbonyl (C=O) groups excluding carboxylic acids is 3. The Bertz CT molecular complexity index is 1040. The number of hydrogen-bond donors (Lipinski definition) is 2. The number of likely N-dealkylation sites (N-methyl/N-ethyl adjacent to an activating group) is 1. The van der Waals surface area contributed by atoms with Gasteiger partial charge in [-0.15, -0.1) is 0 Å². The number of amides is 3. The fourth-order valence-corrected chi connectivity index (χ4v) is 4.30. The molecule has 1 fully saturated rings. The summed E-state index contributed by atoms with van der Waals surface area (Å²) >= 11 is 0. The lowest BCUT2D eigenvalue weighted by atomic mass is 9.83. The number of para-hydroxylation sites is 1. The average Bonchev–Trinajstić information content (AvgIpc) is 2.73. The molecular formula is C21H22N4O4. The number of pyridine rings is 1. The van der Waals surface area contributed by atoms with Crippen LogP contribution in [0, 0.1) is 5.92 Å². The first-order valence-corrected chi connectivity index (χ1v) is 9.59. The minimum atomic E-state index is -0.823. The zero-order valence-electron chi connectivity index (χ0n) is 16.1. The minimum Gasteiger partial charge on any atom is -0.351 e. The van der Waals surface area contributed by atoms with Crippen LogP contribution in [0.3, 0.4) is 0 Å². The maximum absolute atomic E-state index is 13.3. The second-order valence-electron chi connectivity index (χ2n) is 7.49. The average molecular weight is 394 g/mol. The minimum absolute atomic E-state index is 0.000708. The van der Waals surface area contributed by atoms with Crippen molar-refractivity contribution >= 4 is 23.4 Å². The third-order valence-corrected chi connectivity index (χ3v) is 5.61. The smallest absolute Gasteiger partial charge is 0.313 e. The highest BCUT2D eigenvalue weighted by Gasteiger charge is 2.37. The van der Waals surface area contributed by atoms with Crippen LogP contribution in [0.15, 0.2) is 47.3 Å². The zero-order valence-corrected chi connectivity index (χ0v) is 16.1. The molecule has 4 rings (SSSR count). The van der Waals surface area contributed by atoms with Gasteiger partial charge in [0, 0.05) is 44.4 Å². The van der Waals surface area contributed by atoms with E-state index in [2.05, 4.69) is 10.6 Å². The highest BCUT2D eigenvalue weighted by Crippen LogP contribution is 2.35. The molecule has 2 N–H and O–H groups in total. The lowest BCUT2D eigenvalue weighted by Crippen LogP contribution is -2.49. The Labute approximate surface area is 167 Å². The largest absolute Gasteiger partial charge is 0.351 e. The number of anilines is 1. The van der Waals surface area contributed by atoms with Gasteiger partial charge in [-0.25, -0.2) is 0 Å². The van der Waals surface area contributed by atoms with Gasteiger partial charge in [-0.2, -0.15) is 0 Å². The third kappa shape index (κ3) is 3.53. The maximum atomic E-state index is 13.3. The molecule has 1 aromatic heterocycles. The summed E-state index contributed by atoms with van der Waals surface area (Å²) in [4.78, 5) is 50.7. The van der Waals surface area contributed by atoms with E-state index in [0.717, 1.165) is 12.1 Å². The number of carbonyl (C=O) groups is 3. The summed E-state index contributed by atoms with van der Waals surface area (Å²) in [6.07, 6.45) is 0.947. The van der Waals surface area contributed by atoms with E-state index in [1.807, 2.05) is 10.6 Å². The fraction of sp³-hybridized carbons (Fsp3) is 0.333. The van der Waals surface area contributed by atoms with E-state index in [1.54, 1.807) is 41.3 Å². The Hall–Kier alpha value is -3.42. The van der Waals surface area contributed by atoms with Crippen molar-refractivity contribution in [3.8, 4) is 0 Å². The highest BCUT2D eigenvalue weighted by atomic mass is 16.2. The van der Waals surface area contributed by atoms with Gasteiger partial charge >= 0.3 is 11.8 Å². The Morgan fingerprint density at radius 3 is 2.55 bits per heavy atom. The molecule has 29 heavy (non-hydrogen) atoms. The third-order valence-electron chi connectivity index (χ3n) is 5.61. The number of fused-ring (bicyclic) bond motifs is 4. The number of rotatable bonds is 2. The van der Waals surface area contributed by atoms with Crippen LogP contribution in [0.2, 0.25) is 0 Å². The number of benzene rings is 1. The Morgan fingerprint density at radius 1 is 0.966 bits per heavy atom. The molecule has 2 bridgehead atoms. The van der Waals surface area contributed by atoms with Crippen molar-refractivity contribution in [1.29, 1.82) is 0 Å². The number of nitrogens with zero attached hydrogens (tertiary/aromatic N) is 2. The quantitative estimate of drug-likeness (QED) is 0.736. The van der Waals surface area contributed by atoms with Crippen LogP contribution in [0.5, 0.6) is 0 Å². The maximum Gasteiger partial charge on any atom is 0.313 e. The molecule has 0 radical (unpaired) electrons. The van der Waals surface area contributed by atoms with Crippen LogP contribution in [0.25, 0.3) is 0 Å². The summed E-state index contributed by atoms with van der Waals surface area (Å²) in [5, 5.41) is 4.77. The molecule has 8 heteroatoms. The molecule has 3 heterocycles. The molecule has 1 saturated heterocycles. The van der Waals surface area contributed by atoms with Crippen molar-refractivity contribution in [2.24, 2.45) is 5.92 Å². The van der Waals surface area contributed by atoms with Crippen molar-refractivity contribution in [1.82, 2.24) is 14.8 Å². The SMILES string of the molecule is CNC(=O)C(=O)Nc1ccccc1C(=O)N1C[C@@H]2C[C@H](C1)c1cccc(=O)n1C2. The van der Waals surface area contributed by atoms with Gasteiger partial charge in [-0.1, -0.05) is 18.2 Å². The van der Waals surface area contributed by atoms with Crippen molar-refractivity contribution in [2.75, 3.05) is 25.5 Å². The van der Waals surface area contributed by atoms with Crippen LogP contribution in [-0.2, 0) is 16.1 Å². The van der Waals surface area contributed by atoms with Crippen molar-refractivity contribution in [3.05, 3.63) is 64.1 Å². The molecule has 0 unspecified atom stereocenters. The molecule has 0 spiro atoms. The summed E-state index contributed by atoms with van der Waals surface area (Å²) in [5.41, 5.74) is 1.61. The van der Waals surface area contributed by atoms with E-state index < -0.39 is 11.8 Å². The van der Waals surface area contributed by atoms with Crippen LogP contribution >= 0.6 is 0 Å². The summed E-state index contributed by atoms with van der Waals surface area (Å²) in [7, 11) is 1.37. The molecule has 2 atom stereocenters. The number of aromatic nitrogens is 1. The summed E-state index contributed by atoms with van der Waals surface area (Å²) in [6, 6.07) is 12.0. The second kappa shape index (κ2) is 7.54. The van der Waals surface area contributed by atoms with Gasteiger partial charge in [0.05, 0.1) is 11.3 Å². The van der Waals surface area contributed by atoms with Gasteiger partial charge in [0.1, 0.15) is 0 Å². The van der Waals surface area contributed by atoms with Crippen LogP contribution < -0.4 is 16.2 Å².